The highest BCUT2D eigenvalue weighted by molar-refractivity contribution is 5.85. The van der Waals surface area contributed by atoms with Crippen LogP contribution < -0.4 is 11.2 Å². The highest BCUT2D eigenvalue weighted by atomic mass is 16.4. The first kappa shape index (κ1) is 18.2. The van der Waals surface area contributed by atoms with Crippen LogP contribution in [-0.2, 0) is 19.5 Å². The van der Waals surface area contributed by atoms with Gasteiger partial charge in [-0.05, 0) is 42.5 Å². The Morgan fingerprint density at radius 1 is 1.14 bits per heavy atom. The number of nitrogens with zero attached hydrogens (tertiary/aromatic N) is 2. The monoisotopic (exact) mass is 392 g/mol. The first-order chi connectivity index (χ1) is 14.0. The Morgan fingerprint density at radius 2 is 2.00 bits per heavy atom. The molecule has 2 aromatic heterocycles. The van der Waals surface area contributed by atoms with Crippen molar-refractivity contribution >= 4 is 11.0 Å². The van der Waals surface area contributed by atoms with E-state index in [0.717, 1.165) is 49.1 Å². The Kier molecular flexibility index (Phi) is 4.32. The molecule has 2 aliphatic heterocycles. The zero-order valence-corrected chi connectivity index (χ0v) is 16.4. The normalized spacial score (nSPS) is 21.3. The topological polar surface area (TPSA) is 75.7 Å². The SMILES string of the molecule is CCc1cc(=O)oc2c(CN3C[C@H]4C[C@@H](C3)c3cccc(=O)n3C4)c(O)ccc12. The molecule has 0 saturated carbocycles. The molecule has 2 atom stereocenters. The van der Waals surface area contributed by atoms with Crippen molar-refractivity contribution in [2.45, 2.75) is 38.8 Å². The van der Waals surface area contributed by atoms with E-state index in [-0.39, 0.29) is 16.9 Å². The molecule has 0 aliphatic carbocycles. The molecule has 4 heterocycles. The lowest BCUT2D eigenvalue weighted by molar-refractivity contribution is 0.113. The Morgan fingerprint density at radius 3 is 2.83 bits per heavy atom. The fourth-order valence-electron chi connectivity index (χ4n) is 5.13. The number of rotatable bonds is 3. The minimum Gasteiger partial charge on any atom is -0.507 e. The quantitative estimate of drug-likeness (QED) is 0.694. The Balaban J connectivity index is 1.51. The van der Waals surface area contributed by atoms with Gasteiger partial charge in [-0.2, -0.15) is 0 Å². The average molecular weight is 392 g/mol. The van der Waals surface area contributed by atoms with E-state index in [1.165, 1.54) is 6.07 Å². The maximum atomic E-state index is 12.2. The molecule has 0 amide bonds. The summed E-state index contributed by atoms with van der Waals surface area (Å²) in [6.07, 6.45) is 1.81. The molecule has 1 fully saturated rings. The van der Waals surface area contributed by atoms with Gasteiger partial charge >= 0.3 is 5.63 Å². The predicted octanol–water partition coefficient (Wildman–Crippen LogP) is 2.84. The minimum absolute atomic E-state index is 0.0752. The predicted molar refractivity (Wildman–Crippen MR) is 110 cm³/mol. The second-order valence-corrected chi connectivity index (χ2v) is 8.28. The van der Waals surface area contributed by atoms with Gasteiger partial charge in [-0.3, -0.25) is 9.69 Å². The summed E-state index contributed by atoms with van der Waals surface area (Å²) in [7, 11) is 0. The molecule has 0 unspecified atom stereocenters. The summed E-state index contributed by atoms with van der Waals surface area (Å²) < 4.78 is 7.45. The van der Waals surface area contributed by atoms with Gasteiger partial charge in [-0.25, -0.2) is 4.79 Å². The van der Waals surface area contributed by atoms with Crippen molar-refractivity contribution < 1.29 is 9.52 Å². The van der Waals surface area contributed by atoms with Crippen molar-refractivity contribution in [2.75, 3.05) is 13.1 Å². The van der Waals surface area contributed by atoms with Crippen LogP contribution in [0, 0.1) is 5.92 Å². The standard InChI is InChI=1S/C23H24N2O4/c1-2-15-9-22(28)29-23-17(15)6-7-20(26)18(23)13-24-10-14-8-16(12-24)19-4-3-5-21(27)25(19)11-14/h3-7,9,14,16,26H,2,8,10-13H2,1H3/t14-,16+/m1/s1. The fraction of sp³-hybridized carbons (Fsp3) is 0.391. The second kappa shape index (κ2) is 6.88. The lowest BCUT2D eigenvalue weighted by Crippen LogP contribution is -2.46. The largest absolute Gasteiger partial charge is 0.507 e. The molecule has 2 bridgehead atoms. The van der Waals surface area contributed by atoms with E-state index in [4.69, 9.17) is 4.42 Å². The number of aryl methyl sites for hydroxylation is 1. The Hall–Kier alpha value is -2.86. The summed E-state index contributed by atoms with van der Waals surface area (Å²) in [4.78, 5) is 26.6. The van der Waals surface area contributed by atoms with Crippen LogP contribution in [0.25, 0.3) is 11.0 Å². The van der Waals surface area contributed by atoms with E-state index in [1.54, 1.807) is 12.1 Å². The molecular weight excluding hydrogens is 368 g/mol. The summed E-state index contributed by atoms with van der Waals surface area (Å²) in [6.45, 7) is 4.92. The fourth-order valence-corrected chi connectivity index (χ4v) is 5.13. The van der Waals surface area contributed by atoms with Crippen LogP contribution >= 0.6 is 0 Å². The lowest BCUT2D eigenvalue weighted by atomic mass is 9.83. The van der Waals surface area contributed by atoms with E-state index in [1.807, 2.05) is 29.7 Å². The molecule has 1 saturated heterocycles. The molecule has 2 aliphatic rings. The number of fused-ring (bicyclic) bond motifs is 5. The van der Waals surface area contributed by atoms with Gasteiger partial charge in [0.2, 0.25) is 0 Å². The number of aromatic hydroxyl groups is 1. The summed E-state index contributed by atoms with van der Waals surface area (Å²) in [5.74, 6) is 0.852. The first-order valence-corrected chi connectivity index (χ1v) is 10.2. The molecule has 1 N–H and O–H groups in total. The number of aromatic nitrogens is 1. The summed E-state index contributed by atoms with van der Waals surface area (Å²) >= 11 is 0. The van der Waals surface area contributed by atoms with Gasteiger partial charge < -0.3 is 14.1 Å². The number of likely N-dealkylation sites (tertiary alicyclic amines) is 1. The number of piperidine rings is 1. The van der Waals surface area contributed by atoms with Crippen LogP contribution in [0.5, 0.6) is 5.75 Å². The number of benzene rings is 1. The van der Waals surface area contributed by atoms with Crippen LogP contribution in [0.2, 0.25) is 0 Å². The molecule has 6 nitrogen and oxygen atoms in total. The number of phenols is 1. The Labute approximate surface area is 168 Å². The highest BCUT2D eigenvalue weighted by Crippen LogP contribution is 2.37. The van der Waals surface area contributed by atoms with Gasteiger partial charge in [0.1, 0.15) is 11.3 Å². The van der Waals surface area contributed by atoms with Gasteiger partial charge in [0.05, 0.1) is 5.56 Å². The van der Waals surface area contributed by atoms with Crippen molar-refractivity contribution in [2.24, 2.45) is 5.92 Å². The van der Waals surface area contributed by atoms with Crippen molar-refractivity contribution in [1.82, 2.24) is 9.47 Å². The van der Waals surface area contributed by atoms with Gasteiger partial charge in [0.25, 0.3) is 5.56 Å². The van der Waals surface area contributed by atoms with E-state index in [0.29, 0.717) is 29.5 Å². The van der Waals surface area contributed by atoms with Crippen LogP contribution in [-0.4, -0.2) is 27.7 Å². The third-order valence-corrected chi connectivity index (χ3v) is 6.39. The van der Waals surface area contributed by atoms with Crippen LogP contribution in [0.15, 0.2) is 50.4 Å². The van der Waals surface area contributed by atoms with Crippen LogP contribution in [0.1, 0.15) is 36.1 Å². The second-order valence-electron chi connectivity index (χ2n) is 8.28. The van der Waals surface area contributed by atoms with Crippen molar-refractivity contribution in [3.8, 4) is 5.75 Å². The highest BCUT2D eigenvalue weighted by Gasteiger charge is 2.34. The number of hydrogen-bond donors (Lipinski definition) is 1. The zero-order valence-electron chi connectivity index (χ0n) is 16.4. The lowest BCUT2D eigenvalue weighted by Gasteiger charge is -2.42. The molecule has 0 spiro atoms. The molecule has 6 heteroatoms. The molecule has 29 heavy (non-hydrogen) atoms. The first-order valence-electron chi connectivity index (χ1n) is 10.2. The third kappa shape index (κ3) is 3.08. The maximum absolute atomic E-state index is 12.2. The van der Waals surface area contributed by atoms with Crippen molar-refractivity contribution in [3.05, 3.63) is 74.0 Å². The molecular formula is C23H24N2O4. The third-order valence-electron chi connectivity index (χ3n) is 6.39. The van der Waals surface area contributed by atoms with Crippen LogP contribution in [0.3, 0.4) is 0 Å². The molecule has 3 aromatic rings. The van der Waals surface area contributed by atoms with Gasteiger partial charge in [-0.1, -0.05) is 13.0 Å². The Bertz CT molecular complexity index is 1210. The summed E-state index contributed by atoms with van der Waals surface area (Å²) in [5.41, 5.74) is 2.87. The minimum atomic E-state index is -0.384. The molecule has 5 rings (SSSR count). The van der Waals surface area contributed by atoms with Crippen molar-refractivity contribution in [3.63, 3.8) is 0 Å². The zero-order chi connectivity index (χ0) is 20.1. The van der Waals surface area contributed by atoms with E-state index >= 15 is 0 Å². The van der Waals surface area contributed by atoms with E-state index in [2.05, 4.69) is 4.90 Å². The molecule has 150 valence electrons. The van der Waals surface area contributed by atoms with Crippen molar-refractivity contribution in [1.29, 1.82) is 0 Å². The summed E-state index contributed by atoms with van der Waals surface area (Å²) in [6, 6.07) is 10.6. The van der Waals surface area contributed by atoms with Crippen LogP contribution in [0.4, 0.5) is 0 Å². The number of hydrogen-bond acceptors (Lipinski definition) is 5. The maximum Gasteiger partial charge on any atom is 0.336 e. The molecule has 0 radical (unpaired) electrons. The van der Waals surface area contributed by atoms with E-state index < -0.39 is 0 Å². The van der Waals surface area contributed by atoms with Gasteiger partial charge in [0.15, 0.2) is 0 Å². The average Bonchev–Trinajstić information content (AvgIpc) is 2.70. The van der Waals surface area contributed by atoms with Gasteiger partial charge in [0, 0.05) is 55.3 Å². The van der Waals surface area contributed by atoms with Gasteiger partial charge in [-0.15, -0.1) is 0 Å². The number of pyridine rings is 1. The summed E-state index contributed by atoms with van der Waals surface area (Å²) in [5, 5.41) is 11.4. The molecule has 1 aromatic carbocycles. The van der Waals surface area contributed by atoms with E-state index in [9.17, 15) is 14.7 Å². The number of phenolic OH excluding ortho intramolecular Hbond substituents is 1. The smallest absolute Gasteiger partial charge is 0.336 e.